The Hall–Kier alpha value is -2.10. The van der Waals surface area contributed by atoms with Crippen LogP contribution in [0.15, 0.2) is 48.0 Å². The molecule has 0 bridgehead atoms. The van der Waals surface area contributed by atoms with Crippen molar-refractivity contribution in [2.24, 2.45) is 0 Å². The van der Waals surface area contributed by atoms with Crippen molar-refractivity contribution in [1.29, 1.82) is 0 Å². The summed E-state index contributed by atoms with van der Waals surface area (Å²) < 4.78 is 0. The summed E-state index contributed by atoms with van der Waals surface area (Å²) in [6.07, 6.45) is 10.7. The van der Waals surface area contributed by atoms with Crippen molar-refractivity contribution in [2.45, 2.75) is 45.4 Å². The van der Waals surface area contributed by atoms with Crippen LogP contribution in [0.5, 0.6) is 0 Å². The molecule has 2 aromatic carbocycles. The summed E-state index contributed by atoms with van der Waals surface area (Å²) in [6.45, 7) is 6.22. The van der Waals surface area contributed by atoms with E-state index < -0.39 is 7.12 Å². The van der Waals surface area contributed by atoms with Crippen LogP contribution in [0, 0.1) is 6.92 Å². The van der Waals surface area contributed by atoms with E-state index in [4.69, 9.17) is 0 Å². The van der Waals surface area contributed by atoms with Crippen molar-refractivity contribution >= 4 is 29.5 Å². The minimum atomic E-state index is -1.48. The van der Waals surface area contributed by atoms with E-state index in [0.29, 0.717) is 5.47 Å². The quantitative estimate of drug-likeness (QED) is 0.769. The van der Waals surface area contributed by atoms with E-state index in [1.165, 1.54) is 38.6 Å². The van der Waals surface area contributed by atoms with Crippen molar-refractivity contribution in [1.82, 2.24) is 0 Å². The van der Waals surface area contributed by atoms with E-state index in [1.54, 1.807) is 0 Å². The summed E-state index contributed by atoms with van der Waals surface area (Å²) in [5, 5.41) is 22.0. The summed E-state index contributed by atoms with van der Waals surface area (Å²) in [4.78, 5) is 0. The molecular formula is C23H25BO2. The molecule has 0 spiro atoms. The Labute approximate surface area is 155 Å². The Balaban J connectivity index is 2.07. The van der Waals surface area contributed by atoms with Gasteiger partial charge in [0.1, 0.15) is 0 Å². The Morgan fingerprint density at radius 2 is 1.77 bits per heavy atom. The van der Waals surface area contributed by atoms with Gasteiger partial charge in [0.15, 0.2) is 0 Å². The Kier molecular flexibility index (Phi) is 4.60. The maximum Gasteiger partial charge on any atom is 0.488 e. The monoisotopic (exact) mass is 344 g/mol. The van der Waals surface area contributed by atoms with Gasteiger partial charge in [-0.3, -0.25) is 0 Å². The Bertz CT molecular complexity index is 950. The molecule has 2 nitrogen and oxygen atoms in total. The van der Waals surface area contributed by atoms with Crippen molar-refractivity contribution in [3.63, 3.8) is 0 Å². The van der Waals surface area contributed by atoms with Crippen molar-refractivity contribution < 1.29 is 10.0 Å². The first-order chi connectivity index (χ1) is 12.6. The van der Waals surface area contributed by atoms with Gasteiger partial charge in [0.25, 0.3) is 0 Å². The van der Waals surface area contributed by atoms with Gasteiger partial charge in [0.2, 0.25) is 0 Å². The summed E-state index contributed by atoms with van der Waals surface area (Å²) in [7, 11) is -1.48. The van der Waals surface area contributed by atoms with Gasteiger partial charge in [-0.25, -0.2) is 0 Å². The topological polar surface area (TPSA) is 40.5 Å². The Morgan fingerprint density at radius 3 is 2.54 bits per heavy atom. The molecule has 2 aromatic rings. The normalized spacial score (nSPS) is 16.7. The first-order valence-corrected chi connectivity index (χ1v) is 9.58. The Morgan fingerprint density at radius 1 is 1.04 bits per heavy atom. The highest BCUT2D eigenvalue weighted by Gasteiger charge is 2.26. The second-order valence-electron chi connectivity index (χ2n) is 7.44. The zero-order valence-electron chi connectivity index (χ0n) is 15.4. The van der Waals surface area contributed by atoms with E-state index in [2.05, 4.69) is 49.9 Å². The first-order valence-electron chi connectivity index (χ1n) is 9.58. The maximum absolute atomic E-state index is 9.73. The predicted molar refractivity (Wildman–Crippen MR) is 111 cm³/mol. The second-order valence-corrected chi connectivity index (χ2v) is 7.44. The number of benzene rings is 2. The molecular weight excluding hydrogens is 319 g/mol. The molecule has 0 aromatic heterocycles. The van der Waals surface area contributed by atoms with E-state index in [-0.39, 0.29) is 0 Å². The lowest BCUT2D eigenvalue weighted by atomic mass is 9.69. The van der Waals surface area contributed by atoms with E-state index in [0.717, 1.165) is 44.1 Å². The van der Waals surface area contributed by atoms with Gasteiger partial charge in [0.05, 0.1) is 0 Å². The molecule has 0 aliphatic heterocycles. The number of fused-ring (bicyclic) bond motifs is 3. The zero-order chi connectivity index (χ0) is 18.3. The molecule has 0 fully saturated rings. The van der Waals surface area contributed by atoms with Crippen molar-refractivity contribution in [3.05, 3.63) is 70.2 Å². The summed E-state index contributed by atoms with van der Waals surface area (Å²) in [5.74, 6) is 0. The lowest BCUT2D eigenvalue weighted by molar-refractivity contribution is 0.419. The van der Waals surface area contributed by atoms with Gasteiger partial charge < -0.3 is 10.0 Å². The largest absolute Gasteiger partial charge is 0.488 e. The molecule has 2 aliphatic rings. The molecule has 0 saturated heterocycles. The SMILES string of the molecule is C=C(B(O)O)C1=C(c2c(C)c3c(c4ccccc24)C=CCC3)CCCC1. The fraction of sp³-hybridized carbons (Fsp3) is 0.304. The van der Waals surface area contributed by atoms with Gasteiger partial charge >= 0.3 is 7.12 Å². The molecule has 26 heavy (non-hydrogen) atoms. The third-order valence-electron chi connectivity index (χ3n) is 5.95. The number of hydrogen-bond donors (Lipinski definition) is 2. The molecule has 0 amide bonds. The minimum Gasteiger partial charge on any atom is -0.423 e. The molecule has 0 unspecified atom stereocenters. The fourth-order valence-electron chi connectivity index (χ4n) is 4.68. The average Bonchev–Trinajstić information content (AvgIpc) is 2.68. The lowest BCUT2D eigenvalue weighted by Crippen LogP contribution is -2.19. The van der Waals surface area contributed by atoms with Crippen LogP contribution in [-0.4, -0.2) is 17.2 Å². The van der Waals surface area contributed by atoms with Gasteiger partial charge in [-0.15, -0.1) is 0 Å². The van der Waals surface area contributed by atoms with Crippen LogP contribution >= 0.6 is 0 Å². The van der Waals surface area contributed by atoms with Gasteiger partial charge in [0, 0.05) is 0 Å². The summed E-state index contributed by atoms with van der Waals surface area (Å²) in [5.41, 5.74) is 8.21. The van der Waals surface area contributed by atoms with Crippen LogP contribution in [0.2, 0.25) is 0 Å². The van der Waals surface area contributed by atoms with Crippen LogP contribution in [0.25, 0.3) is 22.4 Å². The van der Waals surface area contributed by atoms with Crippen LogP contribution in [0.3, 0.4) is 0 Å². The number of rotatable bonds is 3. The number of hydrogen-bond acceptors (Lipinski definition) is 2. The third-order valence-corrected chi connectivity index (χ3v) is 5.95. The third kappa shape index (κ3) is 2.76. The standard InChI is InChI=1S/C23H25BO2/c1-15-17-9-3-5-11-19(17)20-12-6-8-14-22(20)23(15)21-13-7-4-10-18(21)16(2)24(25)26/h5-6,8,11-12,14,25-26H,2-4,7,9-10,13H2,1H3. The van der Waals surface area contributed by atoms with Crippen LogP contribution in [-0.2, 0) is 6.42 Å². The molecule has 0 atom stereocenters. The second kappa shape index (κ2) is 6.90. The van der Waals surface area contributed by atoms with E-state index in [9.17, 15) is 10.0 Å². The number of allylic oxidation sites excluding steroid dienone is 4. The molecule has 0 heterocycles. The van der Waals surface area contributed by atoms with Crippen LogP contribution in [0.1, 0.15) is 54.4 Å². The molecule has 3 heteroatoms. The molecule has 0 radical (unpaired) electrons. The van der Waals surface area contributed by atoms with Gasteiger partial charge in [-0.2, -0.15) is 0 Å². The minimum absolute atomic E-state index is 0.459. The maximum atomic E-state index is 9.73. The van der Waals surface area contributed by atoms with E-state index in [1.807, 2.05) is 0 Å². The first kappa shape index (κ1) is 17.3. The highest BCUT2D eigenvalue weighted by atomic mass is 16.4. The van der Waals surface area contributed by atoms with Crippen LogP contribution in [0.4, 0.5) is 0 Å². The van der Waals surface area contributed by atoms with Crippen molar-refractivity contribution in [3.8, 4) is 0 Å². The lowest BCUT2D eigenvalue weighted by Gasteiger charge is -2.27. The van der Waals surface area contributed by atoms with Crippen LogP contribution < -0.4 is 0 Å². The fourth-order valence-corrected chi connectivity index (χ4v) is 4.68. The smallest absolute Gasteiger partial charge is 0.423 e. The zero-order valence-corrected chi connectivity index (χ0v) is 15.4. The highest BCUT2D eigenvalue weighted by molar-refractivity contribution is 6.52. The summed E-state index contributed by atoms with van der Waals surface area (Å²) >= 11 is 0. The average molecular weight is 344 g/mol. The van der Waals surface area contributed by atoms with Crippen molar-refractivity contribution in [2.75, 3.05) is 0 Å². The molecule has 0 saturated carbocycles. The van der Waals surface area contributed by atoms with Gasteiger partial charge in [-0.05, 0) is 95.1 Å². The van der Waals surface area contributed by atoms with Gasteiger partial charge in [-0.1, -0.05) is 43.0 Å². The van der Waals surface area contributed by atoms with E-state index >= 15 is 0 Å². The molecule has 132 valence electrons. The molecule has 2 aliphatic carbocycles. The predicted octanol–water partition coefficient (Wildman–Crippen LogP) is 5.00. The molecule has 2 N–H and O–H groups in total. The highest BCUT2D eigenvalue weighted by Crippen LogP contribution is 2.43. The summed E-state index contributed by atoms with van der Waals surface area (Å²) in [6, 6.07) is 8.63. The molecule has 4 rings (SSSR count).